The summed E-state index contributed by atoms with van der Waals surface area (Å²) in [5.74, 6) is 1.59. The molecule has 3 aliphatic rings. The molecule has 0 radical (unpaired) electrons. The van der Waals surface area contributed by atoms with Crippen LogP contribution in [0, 0.1) is 0 Å². The Morgan fingerprint density at radius 3 is 2.41 bits per heavy atom. The molecule has 3 aliphatic heterocycles. The van der Waals surface area contributed by atoms with E-state index in [0.717, 1.165) is 45.4 Å². The first kappa shape index (κ1) is 21.0. The summed E-state index contributed by atoms with van der Waals surface area (Å²) in [5.41, 5.74) is 5.81. The highest BCUT2D eigenvalue weighted by Crippen LogP contribution is 2.48. The van der Waals surface area contributed by atoms with Gasteiger partial charge in [0.15, 0.2) is 6.29 Å². The number of methoxy groups -OCH3 is 2. The van der Waals surface area contributed by atoms with Crippen molar-refractivity contribution in [1.82, 2.24) is 0 Å². The Balaban J connectivity index is 1.39. The standard InChI is InChI=1S/C27H26N2O5/c1-30-18-10-8-17(9-11-18)28-24-23-25(20-14-19(31-2)12-13-21(20)29-23)33-22-15-32-27(34-26(22)24)16-6-4-3-5-7-16/h3-14,22,25-29H,15H2,1-2H3. The molecule has 1 saturated heterocycles. The molecule has 7 nitrogen and oxygen atoms in total. The molecule has 0 aliphatic carbocycles. The molecule has 174 valence electrons. The summed E-state index contributed by atoms with van der Waals surface area (Å²) in [6.45, 7) is 0.418. The normalized spacial score (nSPS) is 25.0. The first-order chi connectivity index (χ1) is 16.7. The summed E-state index contributed by atoms with van der Waals surface area (Å²) < 4.78 is 29.9. The van der Waals surface area contributed by atoms with Crippen molar-refractivity contribution >= 4 is 11.4 Å². The zero-order valence-corrected chi connectivity index (χ0v) is 19.0. The number of benzene rings is 3. The van der Waals surface area contributed by atoms with Gasteiger partial charge in [-0.2, -0.15) is 0 Å². The number of fused-ring (bicyclic) bond motifs is 4. The molecule has 6 rings (SSSR count). The zero-order chi connectivity index (χ0) is 23.1. The summed E-state index contributed by atoms with van der Waals surface area (Å²) in [6.07, 6.45) is -1.35. The molecule has 34 heavy (non-hydrogen) atoms. The topological polar surface area (TPSA) is 70.2 Å². The van der Waals surface area contributed by atoms with Crippen molar-refractivity contribution in [3.63, 3.8) is 0 Å². The Kier molecular flexibility index (Phi) is 5.37. The molecule has 0 aromatic heterocycles. The van der Waals surface area contributed by atoms with Gasteiger partial charge in [-0.05, 0) is 42.5 Å². The quantitative estimate of drug-likeness (QED) is 0.557. The lowest BCUT2D eigenvalue weighted by Crippen LogP contribution is -2.48. The lowest BCUT2D eigenvalue weighted by Gasteiger charge is -2.43. The van der Waals surface area contributed by atoms with Gasteiger partial charge >= 0.3 is 0 Å². The van der Waals surface area contributed by atoms with Gasteiger partial charge in [0, 0.05) is 22.5 Å². The second-order valence-electron chi connectivity index (χ2n) is 8.45. The molecule has 0 amide bonds. The van der Waals surface area contributed by atoms with Crippen molar-refractivity contribution in [2.24, 2.45) is 0 Å². The van der Waals surface area contributed by atoms with Gasteiger partial charge in [0.05, 0.1) is 32.2 Å². The van der Waals surface area contributed by atoms with Crippen LogP contribution in [-0.2, 0) is 14.2 Å². The van der Waals surface area contributed by atoms with Gasteiger partial charge in [-0.25, -0.2) is 0 Å². The predicted molar refractivity (Wildman–Crippen MR) is 128 cm³/mol. The largest absolute Gasteiger partial charge is 0.497 e. The van der Waals surface area contributed by atoms with Gasteiger partial charge in [-0.15, -0.1) is 0 Å². The molecule has 0 spiro atoms. The molecule has 3 aromatic rings. The highest BCUT2D eigenvalue weighted by atomic mass is 16.7. The number of ether oxygens (including phenoxy) is 5. The number of rotatable bonds is 5. The van der Waals surface area contributed by atoms with Crippen LogP contribution in [0.5, 0.6) is 11.5 Å². The molecule has 1 fully saturated rings. The first-order valence-electron chi connectivity index (χ1n) is 11.3. The van der Waals surface area contributed by atoms with E-state index >= 15 is 0 Å². The van der Waals surface area contributed by atoms with Gasteiger partial charge < -0.3 is 34.3 Å². The second-order valence-corrected chi connectivity index (χ2v) is 8.45. The number of anilines is 2. The highest BCUT2D eigenvalue weighted by molar-refractivity contribution is 5.69. The van der Waals surface area contributed by atoms with Gasteiger partial charge in [0.2, 0.25) is 0 Å². The van der Waals surface area contributed by atoms with E-state index in [0.29, 0.717) is 6.61 Å². The minimum absolute atomic E-state index is 0.270. The van der Waals surface area contributed by atoms with Gasteiger partial charge in [0.1, 0.15) is 29.8 Å². The van der Waals surface area contributed by atoms with Gasteiger partial charge in [0.25, 0.3) is 0 Å². The molecular weight excluding hydrogens is 432 g/mol. The molecule has 2 N–H and O–H groups in total. The second kappa shape index (κ2) is 8.68. The van der Waals surface area contributed by atoms with Crippen LogP contribution in [0.25, 0.3) is 0 Å². The number of hydrogen-bond donors (Lipinski definition) is 2. The predicted octanol–water partition coefficient (Wildman–Crippen LogP) is 5.01. The van der Waals surface area contributed by atoms with Crippen molar-refractivity contribution < 1.29 is 23.7 Å². The van der Waals surface area contributed by atoms with Gasteiger partial charge in [-0.1, -0.05) is 30.3 Å². The smallest absolute Gasteiger partial charge is 0.184 e. The fourth-order valence-electron chi connectivity index (χ4n) is 4.69. The van der Waals surface area contributed by atoms with E-state index in [1.807, 2.05) is 72.8 Å². The van der Waals surface area contributed by atoms with Crippen molar-refractivity contribution in [3.05, 3.63) is 95.3 Å². The van der Waals surface area contributed by atoms with E-state index < -0.39 is 6.29 Å². The zero-order valence-electron chi connectivity index (χ0n) is 19.0. The van der Waals surface area contributed by atoms with Crippen LogP contribution in [0.15, 0.2) is 84.2 Å². The van der Waals surface area contributed by atoms with Crippen LogP contribution in [0.2, 0.25) is 0 Å². The van der Waals surface area contributed by atoms with Crippen LogP contribution in [-0.4, -0.2) is 33.0 Å². The Morgan fingerprint density at radius 1 is 0.882 bits per heavy atom. The summed E-state index contributed by atoms with van der Waals surface area (Å²) in [7, 11) is 3.33. The molecule has 3 heterocycles. The Labute approximate surface area is 198 Å². The summed E-state index contributed by atoms with van der Waals surface area (Å²) >= 11 is 0. The highest BCUT2D eigenvalue weighted by Gasteiger charge is 2.47. The molecule has 3 aromatic carbocycles. The van der Waals surface area contributed by atoms with Crippen LogP contribution in [0.3, 0.4) is 0 Å². The average Bonchev–Trinajstić information content (AvgIpc) is 3.27. The SMILES string of the molecule is COc1ccc(NC2=C3Nc4ccc(OC)cc4C3OC3COC(c4ccccc4)OC23)cc1. The molecule has 4 unspecified atom stereocenters. The van der Waals surface area contributed by atoms with Gasteiger partial charge in [-0.3, -0.25) is 0 Å². The van der Waals surface area contributed by atoms with E-state index in [4.69, 9.17) is 23.7 Å². The first-order valence-corrected chi connectivity index (χ1v) is 11.3. The lowest BCUT2D eigenvalue weighted by atomic mass is 9.98. The lowest BCUT2D eigenvalue weighted by molar-refractivity contribution is -0.266. The summed E-state index contributed by atoms with van der Waals surface area (Å²) in [5, 5.41) is 7.17. The third kappa shape index (κ3) is 3.68. The average molecular weight is 459 g/mol. The Morgan fingerprint density at radius 2 is 1.65 bits per heavy atom. The molecule has 7 heteroatoms. The Hall–Kier alpha value is -3.52. The molecule has 0 bridgehead atoms. The minimum atomic E-state index is -0.472. The monoisotopic (exact) mass is 458 g/mol. The maximum Gasteiger partial charge on any atom is 0.184 e. The van der Waals surface area contributed by atoms with Crippen LogP contribution in [0.1, 0.15) is 23.5 Å². The molecule has 0 saturated carbocycles. The van der Waals surface area contributed by atoms with Crippen molar-refractivity contribution in [2.45, 2.75) is 24.6 Å². The van der Waals surface area contributed by atoms with E-state index in [1.165, 1.54) is 0 Å². The Bertz CT molecular complexity index is 1210. The van der Waals surface area contributed by atoms with E-state index in [1.54, 1.807) is 14.2 Å². The third-order valence-electron chi connectivity index (χ3n) is 6.42. The minimum Gasteiger partial charge on any atom is -0.497 e. The van der Waals surface area contributed by atoms with Crippen molar-refractivity contribution in [2.75, 3.05) is 31.5 Å². The van der Waals surface area contributed by atoms with Crippen molar-refractivity contribution in [3.8, 4) is 11.5 Å². The third-order valence-corrected chi connectivity index (χ3v) is 6.42. The van der Waals surface area contributed by atoms with E-state index in [-0.39, 0.29) is 18.3 Å². The number of nitrogens with one attached hydrogen (secondary N) is 2. The van der Waals surface area contributed by atoms with Crippen molar-refractivity contribution in [1.29, 1.82) is 0 Å². The van der Waals surface area contributed by atoms with Crippen LogP contribution < -0.4 is 20.1 Å². The van der Waals surface area contributed by atoms with Crippen LogP contribution in [0.4, 0.5) is 11.4 Å². The fourth-order valence-corrected chi connectivity index (χ4v) is 4.69. The molecular formula is C27H26N2O5. The van der Waals surface area contributed by atoms with Crippen LogP contribution >= 0.6 is 0 Å². The molecule has 4 atom stereocenters. The summed E-state index contributed by atoms with van der Waals surface area (Å²) in [4.78, 5) is 0. The number of hydrogen-bond acceptors (Lipinski definition) is 7. The summed E-state index contributed by atoms with van der Waals surface area (Å²) in [6, 6.07) is 23.8. The van der Waals surface area contributed by atoms with E-state index in [2.05, 4.69) is 10.6 Å². The fraction of sp³-hybridized carbons (Fsp3) is 0.259. The van der Waals surface area contributed by atoms with E-state index in [9.17, 15) is 0 Å². The maximum absolute atomic E-state index is 6.54. The maximum atomic E-state index is 6.54.